The summed E-state index contributed by atoms with van der Waals surface area (Å²) in [5, 5.41) is 10.5. The van der Waals surface area contributed by atoms with Crippen molar-refractivity contribution in [2.45, 2.75) is 92.5 Å². The van der Waals surface area contributed by atoms with Crippen LogP contribution in [0, 0.1) is 6.92 Å². The molecule has 0 saturated carbocycles. The minimum atomic E-state index is -4.72. The molecule has 1 unspecified atom stereocenters. The molecule has 0 aliphatic heterocycles. The Balaban J connectivity index is 0.00000120. The molecule has 1 N–H and O–H groups in total. The van der Waals surface area contributed by atoms with Crippen LogP contribution in [0.4, 0.5) is 23.2 Å². The Hall–Kier alpha value is -3.13. The molecule has 2 aromatic rings. The molecule has 0 bridgehead atoms. The molecule has 0 amide bonds. The number of aliphatic hydroxyl groups excluding tert-OH is 1. The molecule has 2 rings (SSSR count). The number of hydrogen-bond acceptors (Lipinski definition) is 4. The Morgan fingerprint density at radius 1 is 1.15 bits per heavy atom. The topological polar surface area (TPSA) is 49.8 Å². The number of rotatable bonds is 12. The lowest BCUT2D eigenvalue weighted by atomic mass is 9.83. The number of nitrogens with zero attached hydrogens (tertiary/aromatic N) is 1. The predicted molar refractivity (Wildman–Crippen MR) is 155 cm³/mol. The van der Waals surface area contributed by atoms with Gasteiger partial charge in [0.15, 0.2) is 11.6 Å². The maximum Gasteiger partial charge on any atom is 0.573 e. The molecule has 0 aromatic heterocycles. The Bertz CT molecular complexity index is 1140. The van der Waals surface area contributed by atoms with E-state index < -0.39 is 18.0 Å². The van der Waals surface area contributed by atoms with Crippen molar-refractivity contribution in [1.82, 2.24) is 0 Å². The van der Waals surface area contributed by atoms with E-state index in [0.29, 0.717) is 0 Å². The minimum absolute atomic E-state index is 0.0733. The largest absolute Gasteiger partial charge is 0.573 e. The van der Waals surface area contributed by atoms with Gasteiger partial charge in [0.05, 0.1) is 6.61 Å². The van der Waals surface area contributed by atoms with E-state index in [1.54, 1.807) is 12.1 Å². The van der Waals surface area contributed by atoms with Crippen molar-refractivity contribution in [3.05, 3.63) is 71.2 Å². The molecule has 1 atom stereocenters. The first-order valence-electron chi connectivity index (χ1n) is 13.6. The van der Waals surface area contributed by atoms with Gasteiger partial charge in [-0.05, 0) is 73.4 Å². The van der Waals surface area contributed by atoms with Gasteiger partial charge in [-0.15, -0.1) is 13.2 Å². The van der Waals surface area contributed by atoms with Crippen molar-refractivity contribution in [2.75, 3.05) is 11.9 Å². The highest BCUT2D eigenvalue weighted by Crippen LogP contribution is 2.41. The Kier molecular flexibility index (Phi) is 14.1. The van der Waals surface area contributed by atoms with Crippen LogP contribution in [0.15, 0.2) is 54.5 Å². The van der Waals surface area contributed by atoms with Crippen LogP contribution in [0.25, 0.3) is 11.1 Å². The summed E-state index contributed by atoms with van der Waals surface area (Å²) in [5.74, 6) is -1.43. The van der Waals surface area contributed by atoms with Gasteiger partial charge < -0.3 is 14.7 Å². The summed E-state index contributed by atoms with van der Waals surface area (Å²) in [7, 11) is 1.99. The first-order chi connectivity index (χ1) is 18.7. The van der Waals surface area contributed by atoms with Gasteiger partial charge in [-0.2, -0.15) is 0 Å². The maximum absolute atomic E-state index is 12.6. The van der Waals surface area contributed by atoms with Crippen LogP contribution in [0.2, 0.25) is 0 Å². The number of carbonyl (C=O) groups excluding carboxylic acids is 1. The highest BCUT2D eigenvalue weighted by atomic mass is 19.4. The van der Waals surface area contributed by atoms with Crippen molar-refractivity contribution in [3.63, 3.8) is 0 Å². The van der Waals surface area contributed by atoms with Gasteiger partial charge >= 0.3 is 6.36 Å². The number of carbonyl (C=O) groups is 1. The second-order valence-electron chi connectivity index (χ2n) is 9.84. The summed E-state index contributed by atoms with van der Waals surface area (Å²) in [6.45, 7) is 14.3. The summed E-state index contributed by atoms with van der Waals surface area (Å²) >= 11 is 0. The molecule has 4 nitrogen and oxygen atoms in total. The van der Waals surface area contributed by atoms with Crippen molar-refractivity contribution in [3.8, 4) is 16.9 Å². The highest BCUT2D eigenvalue weighted by molar-refractivity contribution is 5.90. The predicted octanol–water partition coefficient (Wildman–Crippen LogP) is 9.55. The zero-order chi connectivity index (χ0) is 30.6. The molecule has 0 fully saturated rings. The van der Waals surface area contributed by atoms with E-state index in [1.165, 1.54) is 17.7 Å². The van der Waals surface area contributed by atoms with Gasteiger partial charge in [0, 0.05) is 31.4 Å². The molecule has 0 saturated heterocycles. The Morgan fingerprint density at radius 3 is 2.15 bits per heavy atom. The molecular weight excluding hydrogens is 522 g/mol. The fraction of sp³-hybridized carbons (Fsp3) is 0.469. The van der Waals surface area contributed by atoms with Gasteiger partial charge in [0.1, 0.15) is 5.75 Å². The lowest BCUT2D eigenvalue weighted by molar-refractivity contribution is -0.274. The third-order valence-electron chi connectivity index (χ3n) is 6.80. The Labute approximate surface area is 236 Å². The van der Waals surface area contributed by atoms with E-state index in [1.807, 2.05) is 14.0 Å². The summed E-state index contributed by atoms with van der Waals surface area (Å²) in [4.78, 5) is 11.7. The lowest BCUT2D eigenvalue weighted by Gasteiger charge is -2.29. The molecule has 222 valence electrons. The molecular formula is C32H43F4NO3. The quantitative estimate of drug-likeness (QED) is 0.206. The molecule has 8 heteroatoms. The van der Waals surface area contributed by atoms with Crippen LogP contribution in [0.3, 0.4) is 0 Å². The number of anilines is 1. The number of alkyl halides is 3. The number of benzene rings is 2. The van der Waals surface area contributed by atoms with Crippen LogP contribution in [-0.2, 0) is 11.4 Å². The SMILES string of the molecule is C=C(F)C(C)=O.CCCCC(CC)c1cc(-c2ccc(OC(F)(F)F)cc2)c(C)c(N(C)/C=C(\C)CC)c1CO. The number of halogens is 4. The van der Waals surface area contributed by atoms with Crippen molar-refractivity contribution < 1.29 is 32.2 Å². The molecule has 2 aromatic carbocycles. The molecule has 0 heterocycles. The van der Waals surface area contributed by atoms with Crippen LogP contribution < -0.4 is 9.64 Å². The molecule has 0 aliphatic rings. The van der Waals surface area contributed by atoms with E-state index in [4.69, 9.17) is 0 Å². The second kappa shape index (κ2) is 16.2. The number of allylic oxidation sites excluding steroid dienone is 2. The summed E-state index contributed by atoms with van der Waals surface area (Å²) < 4.78 is 53.2. The fourth-order valence-electron chi connectivity index (χ4n) is 4.50. The van der Waals surface area contributed by atoms with E-state index in [2.05, 4.69) is 56.2 Å². The van der Waals surface area contributed by atoms with Crippen LogP contribution >= 0.6 is 0 Å². The summed E-state index contributed by atoms with van der Waals surface area (Å²) in [5.41, 5.74) is 6.94. The molecule has 0 spiro atoms. The zero-order valence-electron chi connectivity index (χ0n) is 24.7. The number of Topliss-reactive ketones (excluding diaryl/α,β-unsaturated/α-hetero) is 1. The van der Waals surface area contributed by atoms with Gasteiger partial charge in [-0.3, -0.25) is 4.79 Å². The van der Waals surface area contributed by atoms with Gasteiger partial charge in [0.2, 0.25) is 0 Å². The average Bonchev–Trinajstić information content (AvgIpc) is 2.89. The Morgan fingerprint density at radius 2 is 1.73 bits per heavy atom. The van der Waals surface area contributed by atoms with Crippen LogP contribution in [0.5, 0.6) is 5.75 Å². The van der Waals surface area contributed by atoms with Crippen LogP contribution in [-0.4, -0.2) is 24.3 Å². The highest BCUT2D eigenvalue weighted by Gasteiger charge is 2.31. The number of unbranched alkanes of at least 4 members (excludes halogenated alkanes) is 1. The van der Waals surface area contributed by atoms with Gasteiger partial charge in [-0.1, -0.05) is 64.0 Å². The first kappa shape index (κ1) is 34.9. The number of aliphatic hydroxyl groups is 1. The summed E-state index contributed by atoms with van der Waals surface area (Å²) in [6.07, 6.45) is 2.43. The number of hydrogen-bond donors (Lipinski definition) is 1. The van der Waals surface area contributed by atoms with Crippen molar-refractivity contribution in [1.29, 1.82) is 0 Å². The average molecular weight is 566 g/mol. The number of ether oxygens (including phenoxy) is 1. The van der Waals surface area contributed by atoms with Crippen molar-refractivity contribution >= 4 is 11.5 Å². The standard InChI is InChI=1S/C28H38F3NO2.C4H5FO/c1-7-10-11-21(9-3)25-16-24(22-12-14-23(15-13-22)34-28(29,30)31)20(5)27(26(25)18-33)32(6)17-19(4)8-2;1-3(5)4(2)6/h12-17,21,33H,7-11,18H2,1-6H3;1H2,2H3/b19-17+;. The zero-order valence-corrected chi connectivity index (χ0v) is 24.7. The van der Waals surface area contributed by atoms with Gasteiger partial charge in [0.25, 0.3) is 0 Å². The third-order valence-corrected chi connectivity index (χ3v) is 6.80. The smallest absolute Gasteiger partial charge is 0.406 e. The lowest BCUT2D eigenvalue weighted by Crippen LogP contribution is -2.17. The molecule has 0 radical (unpaired) electrons. The van der Waals surface area contributed by atoms with E-state index in [9.17, 15) is 27.5 Å². The second-order valence-corrected chi connectivity index (χ2v) is 9.84. The monoisotopic (exact) mass is 565 g/mol. The van der Waals surface area contributed by atoms with Gasteiger partial charge in [-0.25, -0.2) is 4.39 Å². The fourth-order valence-corrected chi connectivity index (χ4v) is 4.50. The van der Waals surface area contributed by atoms with Crippen LogP contribution in [0.1, 0.15) is 89.3 Å². The van der Waals surface area contributed by atoms with Crippen molar-refractivity contribution in [2.24, 2.45) is 0 Å². The minimum Gasteiger partial charge on any atom is -0.406 e. The molecule has 40 heavy (non-hydrogen) atoms. The third kappa shape index (κ3) is 10.5. The van der Waals surface area contributed by atoms with E-state index in [-0.39, 0.29) is 18.3 Å². The first-order valence-corrected chi connectivity index (χ1v) is 13.6. The van der Waals surface area contributed by atoms with E-state index >= 15 is 0 Å². The normalized spacial score (nSPS) is 12.3. The number of ketones is 1. The summed E-state index contributed by atoms with van der Waals surface area (Å²) in [6, 6.07) is 8.14. The molecule has 0 aliphatic carbocycles. The van der Waals surface area contributed by atoms with E-state index in [0.717, 1.165) is 72.5 Å². The maximum atomic E-state index is 12.6.